The molecule has 1 heterocycles. The van der Waals surface area contributed by atoms with Crippen LogP contribution in [0.15, 0.2) is 6.07 Å². The molecule has 0 saturated heterocycles. The molecular weight excluding hydrogens is 210 g/mol. The van der Waals surface area contributed by atoms with Crippen molar-refractivity contribution in [3.05, 3.63) is 17.0 Å². The summed E-state index contributed by atoms with van der Waals surface area (Å²) in [5.41, 5.74) is 0. The smallest absolute Gasteiger partial charge is 0.134 e. The van der Waals surface area contributed by atoms with Crippen molar-refractivity contribution in [1.82, 2.24) is 9.97 Å². The summed E-state index contributed by atoms with van der Waals surface area (Å²) in [6, 6.07) is 1.80. The fourth-order valence-electron chi connectivity index (χ4n) is 1.40. The zero-order chi connectivity index (χ0) is 11.4. The number of aryl methyl sites for hydroxylation is 1. The van der Waals surface area contributed by atoms with E-state index < -0.39 is 0 Å². The Labute approximate surface area is 96.5 Å². The molecule has 0 amide bonds. The fraction of sp³-hybridized carbons (Fsp3) is 0.636. The molecule has 84 valence electrons. The van der Waals surface area contributed by atoms with Gasteiger partial charge in [0.2, 0.25) is 0 Å². The minimum atomic E-state index is 0.508. The number of rotatable bonds is 4. The van der Waals surface area contributed by atoms with E-state index in [-0.39, 0.29) is 0 Å². The van der Waals surface area contributed by atoms with Crippen molar-refractivity contribution in [1.29, 1.82) is 0 Å². The summed E-state index contributed by atoms with van der Waals surface area (Å²) in [4.78, 5) is 10.5. The van der Waals surface area contributed by atoms with Crippen LogP contribution >= 0.6 is 11.6 Å². The molecule has 0 aliphatic heterocycles. The van der Waals surface area contributed by atoms with Crippen LogP contribution in [0.2, 0.25) is 5.15 Å². The number of anilines is 1. The van der Waals surface area contributed by atoms with Gasteiger partial charge in [0.15, 0.2) is 0 Å². The van der Waals surface area contributed by atoms with Crippen LogP contribution in [0.4, 0.5) is 5.82 Å². The zero-order valence-electron chi connectivity index (χ0n) is 9.79. The van der Waals surface area contributed by atoms with Crippen molar-refractivity contribution in [2.45, 2.75) is 27.2 Å². The SMILES string of the molecule is CCC(C)CN(C)c1cc(Cl)nc(C)n1. The number of aromatic nitrogens is 2. The van der Waals surface area contributed by atoms with Gasteiger partial charge in [0.05, 0.1) is 0 Å². The highest BCUT2D eigenvalue weighted by Gasteiger charge is 2.08. The third-order valence-electron chi connectivity index (χ3n) is 2.47. The van der Waals surface area contributed by atoms with Crippen LogP contribution in [0.25, 0.3) is 0 Å². The normalized spacial score (nSPS) is 12.6. The Balaban J connectivity index is 2.77. The van der Waals surface area contributed by atoms with E-state index in [9.17, 15) is 0 Å². The third kappa shape index (κ3) is 3.67. The predicted molar refractivity (Wildman–Crippen MR) is 64.5 cm³/mol. The van der Waals surface area contributed by atoms with Crippen LogP contribution in [0, 0.1) is 12.8 Å². The summed E-state index contributed by atoms with van der Waals surface area (Å²) >= 11 is 5.89. The highest BCUT2D eigenvalue weighted by molar-refractivity contribution is 6.29. The van der Waals surface area contributed by atoms with Gasteiger partial charge in [-0.05, 0) is 12.8 Å². The first-order chi connectivity index (χ1) is 7.02. The molecule has 0 N–H and O–H groups in total. The van der Waals surface area contributed by atoms with Crippen LogP contribution in [0.3, 0.4) is 0 Å². The van der Waals surface area contributed by atoms with Gasteiger partial charge in [0.25, 0.3) is 0 Å². The minimum absolute atomic E-state index is 0.508. The molecule has 0 aromatic carbocycles. The van der Waals surface area contributed by atoms with Gasteiger partial charge in [-0.25, -0.2) is 9.97 Å². The molecule has 1 aromatic rings. The van der Waals surface area contributed by atoms with Crippen molar-refractivity contribution in [2.24, 2.45) is 5.92 Å². The molecule has 0 radical (unpaired) electrons. The first kappa shape index (κ1) is 12.2. The number of hydrogen-bond donors (Lipinski definition) is 0. The highest BCUT2D eigenvalue weighted by atomic mass is 35.5. The van der Waals surface area contributed by atoms with Crippen molar-refractivity contribution < 1.29 is 0 Å². The third-order valence-corrected chi connectivity index (χ3v) is 2.66. The first-order valence-electron chi connectivity index (χ1n) is 5.25. The molecular formula is C11H18ClN3. The lowest BCUT2D eigenvalue weighted by Gasteiger charge is -2.21. The molecule has 0 saturated carbocycles. The highest BCUT2D eigenvalue weighted by Crippen LogP contribution is 2.16. The van der Waals surface area contributed by atoms with E-state index in [4.69, 9.17) is 11.6 Å². The van der Waals surface area contributed by atoms with E-state index in [1.807, 2.05) is 14.0 Å². The van der Waals surface area contributed by atoms with E-state index in [2.05, 4.69) is 28.7 Å². The summed E-state index contributed by atoms with van der Waals surface area (Å²) in [7, 11) is 2.03. The monoisotopic (exact) mass is 227 g/mol. The van der Waals surface area contributed by atoms with E-state index in [0.717, 1.165) is 12.4 Å². The molecule has 0 spiro atoms. The summed E-state index contributed by atoms with van der Waals surface area (Å²) in [5.74, 6) is 2.27. The topological polar surface area (TPSA) is 29.0 Å². The van der Waals surface area contributed by atoms with Crippen LogP contribution in [-0.4, -0.2) is 23.6 Å². The van der Waals surface area contributed by atoms with Crippen molar-refractivity contribution in [3.8, 4) is 0 Å². The Hall–Kier alpha value is -0.830. The van der Waals surface area contributed by atoms with Crippen LogP contribution < -0.4 is 4.90 Å². The standard InChI is InChI=1S/C11H18ClN3/c1-5-8(2)7-15(4)11-6-10(12)13-9(3)14-11/h6,8H,5,7H2,1-4H3. The van der Waals surface area contributed by atoms with Gasteiger partial charge >= 0.3 is 0 Å². The molecule has 1 aromatic heterocycles. The summed E-state index contributed by atoms with van der Waals surface area (Å²) in [6.45, 7) is 7.26. The second-order valence-electron chi connectivity index (χ2n) is 3.99. The zero-order valence-corrected chi connectivity index (χ0v) is 10.5. The largest absolute Gasteiger partial charge is 0.359 e. The molecule has 3 nitrogen and oxygen atoms in total. The predicted octanol–water partition coefficient (Wildman–Crippen LogP) is 2.92. The van der Waals surface area contributed by atoms with Gasteiger partial charge < -0.3 is 4.90 Å². The lowest BCUT2D eigenvalue weighted by atomic mass is 10.1. The maximum Gasteiger partial charge on any atom is 0.134 e. The molecule has 1 rings (SSSR count). The number of hydrogen-bond acceptors (Lipinski definition) is 3. The van der Waals surface area contributed by atoms with Crippen LogP contribution in [0.5, 0.6) is 0 Å². The van der Waals surface area contributed by atoms with Gasteiger partial charge in [0.1, 0.15) is 16.8 Å². The van der Waals surface area contributed by atoms with E-state index >= 15 is 0 Å². The maximum atomic E-state index is 5.89. The average Bonchev–Trinajstić information content (AvgIpc) is 2.16. The number of nitrogens with zero attached hydrogens (tertiary/aromatic N) is 3. The van der Waals surface area contributed by atoms with Crippen molar-refractivity contribution in [3.63, 3.8) is 0 Å². The fourth-order valence-corrected chi connectivity index (χ4v) is 1.62. The van der Waals surface area contributed by atoms with Crippen LogP contribution in [0.1, 0.15) is 26.1 Å². The second-order valence-corrected chi connectivity index (χ2v) is 4.38. The molecule has 15 heavy (non-hydrogen) atoms. The van der Waals surface area contributed by atoms with Crippen LogP contribution in [-0.2, 0) is 0 Å². The Bertz CT molecular complexity index is 307. The van der Waals surface area contributed by atoms with Gasteiger partial charge in [-0.3, -0.25) is 0 Å². The minimum Gasteiger partial charge on any atom is -0.359 e. The quantitative estimate of drug-likeness (QED) is 0.741. The number of halogens is 1. The first-order valence-corrected chi connectivity index (χ1v) is 5.63. The van der Waals surface area contributed by atoms with E-state index in [0.29, 0.717) is 16.9 Å². The maximum absolute atomic E-state index is 5.89. The Kier molecular flexibility index (Phi) is 4.33. The molecule has 4 heteroatoms. The van der Waals surface area contributed by atoms with Gasteiger partial charge in [0, 0.05) is 19.7 Å². The summed E-state index contributed by atoms with van der Waals surface area (Å²) in [5, 5.41) is 0.508. The Morgan fingerprint density at radius 2 is 2.13 bits per heavy atom. The van der Waals surface area contributed by atoms with E-state index in [1.165, 1.54) is 6.42 Å². The average molecular weight is 228 g/mol. The molecule has 0 aliphatic rings. The lowest BCUT2D eigenvalue weighted by molar-refractivity contribution is 0.557. The van der Waals surface area contributed by atoms with Gasteiger partial charge in [-0.1, -0.05) is 31.9 Å². The van der Waals surface area contributed by atoms with E-state index in [1.54, 1.807) is 6.07 Å². The molecule has 0 fully saturated rings. The Morgan fingerprint density at radius 1 is 1.47 bits per heavy atom. The molecule has 1 atom stereocenters. The van der Waals surface area contributed by atoms with Crippen molar-refractivity contribution in [2.75, 3.05) is 18.5 Å². The molecule has 1 unspecified atom stereocenters. The molecule has 0 bridgehead atoms. The lowest BCUT2D eigenvalue weighted by Crippen LogP contribution is -2.24. The van der Waals surface area contributed by atoms with Crippen molar-refractivity contribution >= 4 is 17.4 Å². The summed E-state index contributed by atoms with van der Waals surface area (Å²) in [6.07, 6.45) is 1.17. The van der Waals surface area contributed by atoms with Gasteiger partial charge in [-0.15, -0.1) is 0 Å². The Morgan fingerprint density at radius 3 is 2.67 bits per heavy atom. The second kappa shape index (κ2) is 5.31. The molecule has 0 aliphatic carbocycles. The van der Waals surface area contributed by atoms with Gasteiger partial charge in [-0.2, -0.15) is 0 Å². The summed E-state index contributed by atoms with van der Waals surface area (Å²) < 4.78 is 0.